The lowest BCUT2D eigenvalue weighted by Crippen LogP contribution is -2.20. The van der Waals surface area contributed by atoms with Crippen LogP contribution in [0, 0.1) is 0 Å². The smallest absolute Gasteiger partial charge is 0.221 e. The van der Waals surface area contributed by atoms with Crippen molar-refractivity contribution in [3.8, 4) is 0 Å². The third-order valence-corrected chi connectivity index (χ3v) is 2.15. The first-order valence-corrected chi connectivity index (χ1v) is 4.88. The second kappa shape index (κ2) is 4.53. The number of Topliss-reactive ketones (excluding diaryl/α,β-unsaturated/α-hetero) is 1. The van der Waals surface area contributed by atoms with Crippen LogP contribution in [0.5, 0.6) is 0 Å². The molecule has 0 fully saturated rings. The van der Waals surface area contributed by atoms with E-state index in [-0.39, 0.29) is 6.42 Å². The Hall–Kier alpha value is -2.23. The SMILES string of the molecule is O=C1C=CC(=NNc2ccccc2)CC1=O. The van der Waals surface area contributed by atoms with Gasteiger partial charge < -0.3 is 0 Å². The Balaban J connectivity index is 2.07. The molecule has 1 N–H and O–H groups in total. The molecule has 1 aromatic rings. The number of allylic oxidation sites excluding steroid dienone is 2. The van der Waals surface area contributed by atoms with E-state index >= 15 is 0 Å². The van der Waals surface area contributed by atoms with Crippen molar-refractivity contribution in [1.82, 2.24) is 0 Å². The topological polar surface area (TPSA) is 58.5 Å². The maximum atomic E-state index is 11.1. The Bertz CT molecular complexity index is 475. The molecule has 0 heterocycles. The van der Waals surface area contributed by atoms with Crippen LogP contribution in [0.15, 0.2) is 47.6 Å². The van der Waals surface area contributed by atoms with Crippen molar-refractivity contribution in [1.29, 1.82) is 0 Å². The zero-order valence-electron chi connectivity index (χ0n) is 8.51. The van der Waals surface area contributed by atoms with Crippen molar-refractivity contribution in [2.24, 2.45) is 5.10 Å². The molecule has 4 heteroatoms. The number of carbonyl (C=O) groups excluding carboxylic acids is 2. The number of ketones is 2. The molecule has 1 aromatic carbocycles. The van der Waals surface area contributed by atoms with Crippen LogP contribution in [0.1, 0.15) is 6.42 Å². The number of carbonyl (C=O) groups is 2. The third-order valence-electron chi connectivity index (χ3n) is 2.15. The summed E-state index contributed by atoms with van der Waals surface area (Å²) in [5, 5.41) is 4.05. The lowest BCUT2D eigenvalue weighted by atomic mass is 10.0. The van der Waals surface area contributed by atoms with E-state index in [1.165, 1.54) is 6.08 Å². The highest BCUT2D eigenvalue weighted by Gasteiger charge is 2.17. The molecule has 0 aromatic heterocycles. The van der Waals surface area contributed by atoms with Crippen molar-refractivity contribution in [3.63, 3.8) is 0 Å². The summed E-state index contributed by atoms with van der Waals surface area (Å²) in [6.07, 6.45) is 2.87. The van der Waals surface area contributed by atoms with E-state index in [0.717, 1.165) is 5.69 Å². The Morgan fingerprint density at radius 1 is 1.06 bits per heavy atom. The van der Waals surface area contributed by atoms with E-state index in [4.69, 9.17) is 0 Å². The van der Waals surface area contributed by atoms with Gasteiger partial charge >= 0.3 is 0 Å². The molecule has 0 amide bonds. The second-order valence-electron chi connectivity index (χ2n) is 3.38. The molecule has 0 radical (unpaired) electrons. The van der Waals surface area contributed by atoms with Crippen molar-refractivity contribution in [2.75, 3.05) is 5.43 Å². The minimum absolute atomic E-state index is 0.0646. The number of rotatable bonds is 2. The van der Waals surface area contributed by atoms with Gasteiger partial charge in [0.1, 0.15) is 0 Å². The fourth-order valence-corrected chi connectivity index (χ4v) is 1.30. The fraction of sp³-hybridized carbons (Fsp3) is 0.0833. The van der Waals surface area contributed by atoms with Gasteiger partial charge in [-0.25, -0.2) is 0 Å². The number of nitrogens with one attached hydrogen (secondary N) is 1. The van der Waals surface area contributed by atoms with Crippen LogP contribution >= 0.6 is 0 Å². The third kappa shape index (κ3) is 2.42. The van der Waals surface area contributed by atoms with E-state index < -0.39 is 11.6 Å². The van der Waals surface area contributed by atoms with Crippen molar-refractivity contribution < 1.29 is 9.59 Å². The minimum atomic E-state index is -0.460. The van der Waals surface area contributed by atoms with E-state index in [0.29, 0.717) is 5.71 Å². The molecule has 16 heavy (non-hydrogen) atoms. The summed E-state index contributed by atoms with van der Waals surface area (Å²) >= 11 is 0. The van der Waals surface area contributed by atoms with Gasteiger partial charge in [0, 0.05) is 0 Å². The number of hydrazone groups is 1. The van der Waals surface area contributed by atoms with Crippen molar-refractivity contribution in [2.45, 2.75) is 6.42 Å². The van der Waals surface area contributed by atoms with Gasteiger partial charge in [0.25, 0.3) is 0 Å². The highest BCUT2D eigenvalue weighted by Crippen LogP contribution is 2.06. The monoisotopic (exact) mass is 214 g/mol. The van der Waals surface area contributed by atoms with Crippen molar-refractivity contribution >= 4 is 23.0 Å². The molecule has 80 valence electrons. The highest BCUT2D eigenvalue weighted by molar-refractivity contribution is 6.47. The predicted octanol–water partition coefficient (Wildman–Crippen LogP) is 1.55. The van der Waals surface area contributed by atoms with Crippen LogP contribution in [-0.4, -0.2) is 17.3 Å². The van der Waals surface area contributed by atoms with Gasteiger partial charge in [0.2, 0.25) is 11.6 Å². The zero-order chi connectivity index (χ0) is 11.4. The average Bonchev–Trinajstić information content (AvgIpc) is 2.32. The fourth-order valence-electron chi connectivity index (χ4n) is 1.30. The van der Waals surface area contributed by atoms with Crippen molar-refractivity contribution in [3.05, 3.63) is 42.5 Å². The van der Waals surface area contributed by atoms with Gasteiger partial charge in [-0.15, -0.1) is 0 Å². The van der Waals surface area contributed by atoms with Gasteiger partial charge in [0.05, 0.1) is 17.8 Å². The summed E-state index contributed by atoms with van der Waals surface area (Å²) in [4.78, 5) is 22.0. The maximum absolute atomic E-state index is 11.1. The second-order valence-corrected chi connectivity index (χ2v) is 3.38. The number of anilines is 1. The molecule has 0 bridgehead atoms. The molecule has 1 aliphatic carbocycles. The van der Waals surface area contributed by atoms with Gasteiger partial charge in [-0.2, -0.15) is 5.10 Å². The zero-order valence-corrected chi connectivity index (χ0v) is 8.51. The summed E-state index contributed by atoms with van der Waals surface area (Å²) in [5.74, 6) is -0.880. The van der Waals surface area contributed by atoms with Gasteiger partial charge in [0.15, 0.2) is 0 Å². The normalized spacial score (nSPS) is 17.9. The molecule has 0 unspecified atom stereocenters. The average molecular weight is 214 g/mol. The summed E-state index contributed by atoms with van der Waals surface area (Å²) in [7, 11) is 0. The largest absolute Gasteiger partial charge is 0.290 e. The number of hydrogen-bond acceptors (Lipinski definition) is 4. The first kappa shape index (κ1) is 10.3. The van der Waals surface area contributed by atoms with E-state index in [1.807, 2.05) is 30.3 Å². The first-order valence-electron chi connectivity index (χ1n) is 4.88. The maximum Gasteiger partial charge on any atom is 0.221 e. The van der Waals surface area contributed by atoms with Crippen LogP contribution in [0.2, 0.25) is 0 Å². The van der Waals surface area contributed by atoms with Gasteiger partial charge in [-0.1, -0.05) is 18.2 Å². The molecule has 0 spiro atoms. The van der Waals surface area contributed by atoms with Crippen LogP contribution in [0.3, 0.4) is 0 Å². The van der Waals surface area contributed by atoms with Crippen LogP contribution in [0.25, 0.3) is 0 Å². The summed E-state index contributed by atoms with van der Waals surface area (Å²) < 4.78 is 0. The lowest BCUT2D eigenvalue weighted by Gasteiger charge is -2.05. The molecule has 0 atom stereocenters. The lowest BCUT2D eigenvalue weighted by molar-refractivity contribution is -0.133. The number of hydrogen-bond donors (Lipinski definition) is 1. The molecule has 0 aliphatic heterocycles. The Labute approximate surface area is 92.7 Å². The molecule has 0 saturated heterocycles. The highest BCUT2D eigenvalue weighted by atomic mass is 16.2. The summed E-state index contributed by atoms with van der Waals surface area (Å²) in [5.41, 5.74) is 4.23. The molecule has 2 rings (SSSR count). The van der Waals surface area contributed by atoms with E-state index in [9.17, 15) is 9.59 Å². The van der Waals surface area contributed by atoms with Gasteiger partial charge in [-0.05, 0) is 24.3 Å². The first-order chi connectivity index (χ1) is 7.75. The molecule has 0 saturated carbocycles. The molecular weight excluding hydrogens is 204 g/mol. The number of benzene rings is 1. The van der Waals surface area contributed by atoms with E-state index in [2.05, 4.69) is 10.5 Å². The Kier molecular flexibility index (Phi) is 2.91. The van der Waals surface area contributed by atoms with E-state index in [1.54, 1.807) is 6.08 Å². The van der Waals surface area contributed by atoms with Gasteiger partial charge in [-0.3, -0.25) is 15.0 Å². The Morgan fingerprint density at radius 2 is 1.81 bits per heavy atom. The number of para-hydroxylation sites is 1. The summed E-state index contributed by atoms with van der Waals surface area (Å²) in [6.45, 7) is 0. The number of nitrogens with zero attached hydrogens (tertiary/aromatic N) is 1. The molecular formula is C12H10N2O2. The van der Waals surface area contributed by atoms with Crippen LogP contribution < -0.4 is 5.43 Å². The van der Waals surface area contributed by atoms with Crippen LogP contribution in [0.4, 0.5) is 5.69 Å². The quantitative estimate of drug-likeness (QED) is 0.600. The summed E-state index contributed by atoms with van der Waals surface area (Å²) in [6, 6.07) is 9.40. The standard InChI is InChI=1S/C12H10N2O2/c15-11-7-6-10(8-12(11)16)14-13-9-4-2-1-3-5-9/h1-7,13H,8H2. The molecule has 1 aliphatic rings. The Morgan fingerprint density at radius 3 is 2.50 bits per heavy atom. The van der Waals surface area contributed by atoms with Crippen LogP contribution in [-0.2, 0) is 9.59 Å². The molecule has 4 nitrogen and oxygen atoms in total. The predicted molar refractivity (Wildman–Crippen MR) is 61.3 cm³/mol. The minimum Gasteiger partial charge on any atom is -0.290 e.